The Kier molecular flexibility index (Phi) is 2.18. The molecule has 0 saturated carbocycles. The smallest absolute Gasteiger partial charge is 0.0788 e. The lowest BCUT2D eigenvalue weighted by molar-refractivity contribution is -0.895. The van der Waals surface area contributed by atoms with Crippen molar-refractivity contribution in [2.75, 3.05) is 27.2 Å². The number of rotatable bonds is 1. The highest BCUT2D eigenvalue weighted by molar-refractivity contribution is 5.67. The topological polar surface area (TPSA) is 40.1 Å². The number of carboxylic acid groups (broad SMARTS) is 1. The number of hydrogen-bond donors (Lipinski definition) is 0. The van der Waals surface area contributed by atoms with E-state index < -0.39 is 5.97 Å². The zero-order valence-electron chi connectivity index (χ0n) is 7.17. The molecule has 0 bridgehead atoms. The van der Waals surface area contributed by atoms with Gasteiger partial charge in [0.1, 0.15) is 0 Å². The number of piperidine rings is 1. The van der Waals surface area contributed by atoms with Crippen LogP contribution in [0.15, 0.2) is 0 Å². The van der Waals surface area contributed by atoms with E-state index in [2.05, 4.69) is 14.1 Å². The standard InChI is InChI=1S/C8H15NO2/c1-9(2)5-3-7(4-6-9)8(10)11/h7H,3-6H2,1-2H3. The number of carbonyl (C=O) groups excluding carboxylic acids is 1. The first kappa shape index (κ1) is 8.53. The van der Waals surface area contributed by atoms with E-state index in [0.29, 0.717) is 0 Å². The van der Waals surface area contributed by atoms with E-state index in [0.717, 1.165) is 30.4 Å². The molecule has 0 atom stereocenters. The van der Waals surface area contributed by atoms with Gasteiger partial charge in [0, 0.05) is 24.7 Å². The first-order valence-corrected chi connectivity index (χ1v) is 4.04. The largest absolute Gasteiger partial charge is 0.550 e. The summed E-state index contributed by atoms with van der Waals surface area (Å²) in [7, 11) is 4.26. The van der Waals surface area contributed by atoms with Crippen LogP contribution < -0.4 is 5.11 Å². The van der Waals surface area contributed by atoms with E-state index in [1.807, 2.05) is 0 Å². The van der Waals surface area contributed by atoms with Gasteiger partial charge in [-0.2, -0.15) is 0 Å². The summed E-state index contributed by atoms with van der Waals surface area (Å²) in [5, 5.41) is 10.4. The fourth-order valence-electron chi connectivity index (χ4n) is 1.50. The van der Waals surface area contributed by atoms with Crippen molar-refractivity contribution in [1.82, 2.24) is 0 Å². The molecule has 3 nitrogen and oxygen atoms in total. The van der Waals surface area contributed by atoms with Crippen LogP contribution in [0.2, 0.25) is 0 Å². The number of carboxylic acids is 1. The van der Waals surface area contributed by atoms with E-state index >= 15 is 0 Å². The Hall–Kier alpha value is -0.570. The summed E-state index contributed by atoms with van der Waals surface area (Å²) in [4.78, 5) is 10.4. The molecular formula is C8H15NO2. The van der Waals surface area contributed by atoms with Gasteiger partial charge < -0.3 is 14.4 Å². The van der Waals surface area contributed by atoms with Crippen molar-refractivity contribution in [1.29, 1.82) is 0 Å². The fourth-order valence-corrected chi connectivity index (χ4v) is 1.50. The van der Waals surface area contributed by atoms with Crippen molar-refractivity contribution >= 4 is 5.97 Å². The normalized spacial score (nSPS) is 24.9. The van der Waals surface area contributed by atoms with Gasteiger partial charge in [-0.3, -0.25) is 0 Å². The Balaban J connectivity index is 2.42. The average Bonchev–Trinajstić information content (AvgIpc) is 1.86. The van der Waals surface area contributed by atoms with Gasteiger partial charge in [0.05, 0.1) is 27.2 Å². The highest BCUT2D eigenvalue weighted by Crippen LogP contribution is 2.19. The molecule has 0 spiro atoms. The van der Waals surface area contributed by atoms with E-state index in [4.69, 9.17) is 0 Å². The van der Waals surface area contributed by atoms with Crippen molar-refractivity contribution < 1.29 is 14.4 Å². The SMILES string of the molecule is C[N+]1(C)CCC(C(=O)[O-])CC1. The summed E-state index contributed by atoms with van der Waals surface area (Å²) in [6.45, 7) is 1.91. The summed E-state index contributed by atoms with van der Waals surface area (Å²) >= 11 is 0. The Morgan fingerprint density at radius 3 is 2.18 bits per heavy atom. The number of quaternary nitrogens is 1. The Bertz CT molecular complexity index is 155. The van der Waals surface area contributed by atoms with Gasteiger partial charge in [-0.25, -0.2) is 0 Å². The minimum atomic E-state index is -0.871. The molecule has 1 rings (SSSR count). The molecule has 0 amide bonds. The molecule has 1 saturated heterocycles. The molecule has 0 aliphatic carbocycles. The lowest BCUT2D eigenvalue weighted by Gasteiger charge is -2.37. The van der Waals surface area contributed by atoms with Gasteiger partial charge in [0.2, 0.25) is 0 Å². The summed E-state index contributed by atoms with van der Waals surface area (Å²) in [5.74, 6) is -1.06. The second-order valence-corrected chi connectivity index (χ2v) is 3.98. The first-order valence-electron chi connectivity index (χ1n) is 4.04. The average molecular weight is 157 g/mol. The van der Waals surface area contributed by atoms with Crippen molar-refractivity contribution in [3.63, 3.8) is 0 Å². The van der Waals surface area contributed by atoms with Crippen LogP contribution in [0, 0.1) is 5.92 Å². The van der Waals surface area contributed by atoms with Crippen LogP contribution in [0.5, 0.6) is 0 Å². The van der Waals surface area contributed by atoms with Crippen LogP contribution in [0.1, 0.15) is 12.8 Å². The molecule has 1 aliphatic rings. The van der Waals surface area contributed by atoms with Crippen LogP contribution in [0.3, 0.4) is 0 Å². The molecule has 1 fully saturated rings. The Morgan fingerprint density at radius 1 is 1.36 bits per heavy atom. The second kappa shape index (κ2) is 2.81. The number of likely N-dealkylation sites (tertiary alicyclic amines) is 1. The summed E-state index contributed by atoms with van der Waals surface area (Å²) in [6.07, 6.45) is 1.55. The summed E-state index contributed by atoms with van der Waals surface area (Å²) < 4.78 is 0.948. The molecule has 0 unspecified atom stereocenters. The molecule has 1 heterocycles. The number of nitrogens with zero attached hydrogens (tertiary/aromatic N) is 1. The lowest BCUT2D eigenvalue weighted by atomic mass is 9.96. The predicted octanol–water partition coefficient (Wildman–Crippen LogP) is -0.777. The molecule has 0 N–H and O–H groups in total. The minimum absolute atomic E-state index is 0.193. The van der Waals surface area contributed by atoms with Crippen molar-refractivity contribution in [2.45, 2.75) is 12.8 Å². The van der Waals surface area contributed by atoms with Crippen molar-refractivity contribution in [3.8, 4) is 0 Å². The van der Waals surface area contributed by atoms with E-state index in [9.17, 15) is 9.90 Å². The van der Waals surface area contributed by atoms with Gasteiger partial charge in [-0.15, -0.1) is 0 Å². The predicted molar refractivity (Wildman–Crippen MR) is 39.6 cm³/mol. The van der Waals surface area contributed by atoms with Crippen molar-refractivity contribution in [3.05, 3.63) is 0 Å². The molecule has 0 aromatic heterocycles. The third-order valence-corrected chi connectivity index (χ3v) is 2.50. The van der Waals surface area contributed by atoms with Crippen LogP contribution in [-0.4, -0.2) is 37.6 Å². The maximum Gasteiger partial charge on any atom is 0.0788 e. The highest BCUT2D eigenvalue weighted by Gasteiger charge is 2.26. The summed E-state index contributed by atoms with van der Waals surface area (Å²) in [6, 6.07) is 0. The number of aliphatic carboxylic acids is 1. The lowest BCUT2D eigenvalue weighted by Crippen LogP contribution is -2.49. The van der Waals surface area contributed by atoms with Crippen LogP contribution in [-0.2, 0) is 4.79 Å². The second-order valence-electron chi connectivity index (χ2n) is 3.98. The maximum absolute atomic E-state index is 10.4. The van der Waals surface area contributed by atoms with Crippen molar-refractivity contribution in [2.24, 2.45) is 5.92 Å². The zero-order chi connectivity index (χ0) is 8.48. The number of carbonyl (C=O) groups is 1. The van der Waals surface area contributed by atoms with Gasteiger partial charge in [0.25, 0.3) is 0 Å². The molecule has 0 aromatic rings. The van der Waals surface area contributed by atoms with Gasteiger partial charge in [-0.1, -0.05) is 0 Å². The number of hydrogen-bond acceptors (Lipinski definition) is 2. The molecule has 0 aromatic carbocycles. The zero-order valence-corrected chi connectivity index (χ0v) is 7.17. The maximum atomic E-state index is 10.4. The Labute approximate surface area is 67.2 Å². The molecular weight excluding hydrogens is 142 g/mol. The third kappa shape index (κ3) is 2.19. The minimum Gasteiger partial charge on any atom is -0.550 e. The third-order valence-electron chi connectivity index (χ3n) is 2.50. The Morgan fingerprint density at radius 2 is 1.82 bits per heavy atom. The fraction of sp³-hybridized carbons (Fsp3) is 0.875. The van der Waals surface area contributed by atoms with Gasteiger partial charge in [0.15, 0.2) is 0 Å². The van der Waals surface area contributed by atoms with Crippen LogP contribution in [0.4, 0.5) is 0 Å². The molecule has 1 aliphatic heterocycles. The monoisotopic (exact) mass is 157 g/mol. The van der Waals surface area contributed by atoms with E-state index in [1.54, 1.807) is 0 Å². The summed E-state index contributed by atoms with van der Waals surface area (Å²) in [5.41, 5.74) is 0. The van der Waals surface area contributed by atoms with E-state index in [-0.39, 0.29) is 5.92 Å². The van der Waals surface area contributed by atoms with E-state index in [1.165, 1.54) is 0 Å². The highest BCUT2D eigenvalue weighted by atomic mass is 16.4. The molecule has 0 radical (unpaired) electrons. The van der Waals surface area contributed by atoms with Gasteiger partial charge in [-0.05, 0) is 0 Å². The molecule has 11 heavy (non-hydrogen) atoms. The first-order chi connectivity index (χ1) is 5.01. The van der Waals surface area contributed by atoms with Gasteiger partial charge >= 0.3 is 0 Å². The van der Waals surface area contributed by atoms with Crippen LogP contribution >= 0.6 is 0 Å². The molecule has 3 heteroatoms. The quantitative estimate of drug-likeness (QED) is 0.469. The van der Waals surface area contributed by atoms with Crippen LogP contribution in [0.25, 0.3) is 0 Å². The molecule has 64 valence electrons.